The Morgan fingerprint density at radius 1 is 1.08 bits per heavy atom. The molecule has 2 aromatic rings. The zero-order valence-corrected chi connectivity index (χ0v) is 15.0. The largest absolute Gasteiger partial charge is 0.378 e. The number of nitrogens with one attached hydrogen (secondary N) is 1. The van der Waals surface area contributed by atoms with Crippen molar-refractivity contribution in [2.24, 2.45) is 4.99 Å². The molecule has 0 aromatic heterocycles. The minimum Gasteiger partial charge on any atom is -0.378 e. The summed E-state index contributed by atoms with van der Waals surface area (Å²) < 4.78 is 5.48. The number of hydrogen-bond acceptors (Lipinski definition) is 6. The van der Waals surface area contributed by atoms with Gasteiger partial charge in [0.05, 0.1) is 19.3 Å². The fourth-order valence-electron chi connectivity index (χ4n) is 3.99. The van der Waals surface area contributed by atoms with Crippen LogP contribution in [0.4, 0.5) is 11.4 Å². The molecule has 1 unspecified atom stereocenters. The van der Waals surface area contributed by atoms with E-state index in [0.29, 0.717) is 13.2 Å². The molecule has 3 aliphatic rings. The van der Waals surface area contributed by atoms with E-state index < -0.39 is 5.54 Å². The van der Waals surface area contributed by atoms with E-state index in [0.717, 1.165) is 40.8 Å². The summed E-state index contributed by atoms with van der Waals surface area (Å²) >= 11 is 1.58. The highest BCUT2D eigenvalue weighted by Gasteiger charge is 2.53. The van der Waals surface area contributed by atoms with E-state index in [-0.39, 0.29) is 5.25 Å². The van der Waals surface area contributed by atoms with Crippen LogP contribution in [0.15, 0.2) is 53.5 Å². The number of nitrogens with zero attached hydrogens (tertiary/aromatic N) is 3. The van der Waals surface area contributed by atoms with Crippen molar-refractivity contribution in [3.05, 3.63) is 59.7 Å². The van der Waals surface area contributed by atoms with E-state index in [1.165, 1.54) is 0 Å². The summed E-state index contributed by atoms with van der Waals surface area (Å²) in [6, 6.07) is 18.9. The van der Waals surface area contributed by atoms with E-state index in [2.05, 4.69) is 40.6 Å². The highest BCUT2D eigenvalue weighted by molar-refractivity contribution is 8.14. The Labute approximate surface area is 156 Å². The number of benzene rings is 2. The molecule has 5 rings (SSSR count). The topological polar surface area (TPSA) is 60.7 Å². The predicted octanol–water partition coefficient (Wildman–Crippen LogP) is 3.31. The zero-order valence-electron chi connectivity index (χ0n) is 14.2. The molecule has 0 bridgehead atoms. The summed E-state index contributed by atoms with van der Waals surface area (Å²) in [6.45, 7) is 3.06. The van der Waals surface area contributed by atoms with Gasteiger partial charge in [0.1, 0.15) is 10.8 Å². The zero-order chi connectivity index (χ0) is 17.6. The first kappa shape index (κ1) is 15.7. The van der Waals surface area contributed by atoms with E-state index >= 15 is 0 Å². The molecule has 2 aromatic carbocycles. The van der Waals surface area contributed by atoms with Crippen LogP contribution < -0.4 is 5.32 Å². The van der Waals surface area contributed by atoms with Gasteiger partial charge in [-0.15, -0.1) is 0 Å². The number of morpholine rings is 1. The molecule has 1 saturated heterocycles. The maximum atomic E-state index is 10.0. The van der Waals surface area contributed by atoms with Crippen LogP contribution in [0.25, 0.3) is 0 Å². The van der Waals surface area contributed by atoms with Gasteiger partial charge >= 0.3 is 0 Å². The minimum absolute atomic E-state index is 0.301. The van der Waals surface area contributed by atoms with Crippen molar-refractivity contribution in [2.45, 2.75) is 10.8 Å². The fourth-order valence-corrected chi connectivity index (χ4v) is 5.26. The van der Waals surface area contributed by atoms with Gasteiger partial charge in [0, 0.05) is 35.6 Å². The molecule has 1 N–H and O–H groups in total. The number of nitriles is 1. The van der Waals surface area contributed by atoms with Gasteiger partial charge in [-0.3, -0.25) is 0 Å². The summed E-state index contributed by atoms with van der Waals surface area (Å²) in [6.07, 6.45) is 0. The monoisotopic (exact) mass is 362 g/mol. The number of anilines is 2. The van der Waals surface area contributed by atoms with Crippen LogP contribution in [-0.4, -0.2) is 41.6 Å². The van der Waals surface area contributed by atoms with Crippen molar-refractivity contribution in [1.29, 1.82) is 5.26 Å². The average molecular weight is 362 g/mol. The van der Waals surface area contributed by atoms with Crippen LogP contribution in [0.2, 0.25) is 0 Å². The molecule has 3 heterocycles. The first-order valence-electron chi connectivity index (χ1n) is 8.78. The molecule has 1 atom stereocenters. The first-order chi connectivity index (χ1) is 12.8. The van der Waals surface area contributed by atoms with E-state index in [4.69, 9.17) is 9.73 Å². The Balaban J connectivity index is 1.73. The van der Waals surface area contributed by atoms with Crippen LogP contribution in [0.5, 0.6) is 0 Å². The lowest BCUT2D eigenvalue weighted by atomic mass is 9.76. The lowest BCUT2D eigenvalue weighted by Crippen LogP contribution is -2.39. The summed E-state index contributed by atoms with van der Waals surface area (Å²) in [5, 5.41) is 14.2. The van der Waals surface area contributed by atoms with Gasteiger partial charge in [0.25, 0.3) is 0 Å². The summed E-state index contributed by atoms with van der Waals surface area (Å²) in [4.78, 5) is 7.48. The Morgan fingerprint density at radius 3 is 2.31 bits per heavy atom. The number of fused-ring (bicyclic) bond motifs is 4. The van der Waals surface area contributed by atoms with E-state index in [1.54, 1.807) is 11.8 Å². The lowest BCUT2D eigenvalue weighted by Gasteiger charge is -2.37. The molecule has 1 spiro atoms. The Morgan fingerprint density at radius 2 is 1.69 bits per heavy atom. The van der Waals surface area contributed by atoms with Gasteiger partial charge in [0.15, 0.2) is 5.17 Å². The van der Waals surface area contributed by atoms with Crippen molar-refractivity contribution >= 4 is 28.3 Å². The normalized spacial score (nSPS) is 22.8. The standard InChI is InChI=1S/C20H18N4OS/c21-13-18-20(23-19(26-18)24-9-11-25-12-10-24)14-5-1-3-7-16(14)22-17-8-4-2-6-15(17)20/h1-8,18,22H,9-12H2. The Hall–Kier alpha value is -2.49. The number of hydrogen-bond donors (Lipinski definition) is 1. The lowest BCUT2D eigenvalue weighted by molar-refractivity contribution is 0.0692. The van der Waals surface area contributed by atoms with Gasteiger partial charge in [-0.2, -0.15) is 5.26 Å². The third-order valence-corrected chi connectivity index (χ3v) is 6.46. The Bertz CT molecular complexity index is 884. The molecule has 0 aliphatic carbocycles. The maximum absolute atomic E-state index is 10.0. The number of ether oxygens (including phenoxy) is 1. The van der Waals surface area contributed by atoms with Crippen LogP contribution >= 0.6 is 11.8 Å². The molecule has 1 fully saturated rings. The van der Waals surface area contributed by atoms with Crippen LogP contribution in [0.1, 0.15) is 11.1 Å². The van der Waals surface area contributed by atoms with Crippen molar-refractivity contribution in [2.75, 3.05) is 31.6 Å². The minimum atomic E-state index is -0.675. The quantitative estimate of drug-likeness (QED) is 0.779. The van der Waals surface area contributed by atoms with Crippen molar-refractivity contribution < 1.29 is 4.74 Å². The predicted molar refractivity (Wildman–Crippen MR) is 104 cm³/mol. The summed E-state index contributed by atoms with van der Waals surface area (Å²) in [7, 11) is 0. The van der Waals surface area contributed by atoms with Gasteiger partial charge < -0.3 is 15.0 Å². The summed E-state index contributed by atoms with van der Waals surface area (Å²) in [5.74, 6) is 0. The smallest absolute Gasteiger partial charge is 0.162 e. The number of amidine groups is 1. The van der Waals surface area contributed by atoms with Gasteiger partial charge in [-0.1, -0.05) is 48.2 Å². The highest BCUT2D eigenvalue weighted by Crippen LogP contribution is 2.55. The molecule has 6 heteroatoms. The fraction of sp³-hybridized carbons (Fsp3) is 0.300. The average Bonchev–Trinajstić information content (AvgIpc) is 3.09. The molecule has 3 aliphatic heterocycles. The van der Waals surface area contributed by atoms with Gasteiger partial charge in [-0.25, -0.2) is 4.99 Å². The molecule has 26 heavy (non-hydrogen) atoms. The molecular formula is C20H18N4OS. The van der Waals surface area contributed by atoms with Gasteiger partial charge in [0.2, 0.25) is 0 Å². The van der Waals surface area contributed by atoms with E-state index in [1.807, 2.05) is 24.3 Å². The van der Waals surface area contributed by atoms with Crippen LogP contribution in [-0.2, 0) is 10.3 Å². The molecule has 0 amide bonds. The Kier molecular flexibility index (Phi) is 3.66. The second-order valence-electron chi connectivity index (χ2n) is 6.60. The number of aliphatic imine (C=N–C) groups is 1. The van der Waals surface area contributed by atoms with Crippen molar-refractivity contribution in [3.63, 3.8) is 0 Å². The third kappa shape index (κ3) is 2.17. The van der Waals surface area contributed by atoms with Crippen molar-refractivity contribution in [3.8, 4) is 6.07 Å². The summed E-state index contributed by atoms with van der Waals surface area (Å²) in [5.41, 5.74) is 3.52. The second-order valence-corrected chi connectivity index (χ2v) is 7.68. The SMILES string of the molecule is N#CC1SC(N2CCOCC2)=NC12c1ccccc1Nc1ccccc12. The highest BCUT2D eigenvalue weighted by atomic mass is 32.2. The second kappa shape index (κ2) is 6.04. The van der Waals surface area contributed by atoms with Crippen LogP contribution in [0.3, 0.4) is 0 Å². The van der Waals surface area contributed by atoms with Crippen LogP contribution in [0, 0.1) is 11.3 Å². The molecule has 0 saturated carbocycles. The van der Waals surface area contributed by atoms with E-state index in [9.17, 15) is 5.26 Å². The molecule has 130 valence electrons. The first-order valence-corrected chi connectivity index (χ1v) is 9.66. The third-order valence-electron chi connectivity index (χ3n) is 5.22. The number of rotatable bonds is 0. The van der Waals surface area contributed by atoms with Gasteiger partial charge in [-0.05, 0) is 12.1 Å². The molecular weight excluding hydrogens is 344 g/mol. The molecule has 0 radical (unpaired) electrons. The number of para-hydroxylation sites is 2. The molecule has 5 nitrogen and oxygen atoms in total. The maximum Gasteiger partial charge on any atom is 0.162 e. The van der Waals surface area contributed by atoms with Crippen molar-refractivity contribution in [1.82, 2.24) is 4.90 Å². The number of thioether (sulfide) groups is 1.